The van der Waals surface area contributed by atoms with Crippen LogP contribution in [0.4, 0.5) is 74.4 Å². The first kappa shape index (κ1) is 85.4. The van der Waals surface area contributed by atoms with Crippen molar-refractivity contribution in [1.82, 2.24) is 13.6 Å². The van der Waals surface area contributed by atoms with Gasteiger partial charge in [-0.1, -0.05) is 80.6 Å². The summed E-state index contributed by atoms with van der Waals surface area (Å²) in [5, 5.41) is 19.2. The summed E-state index contributed by atoms with van der Waals surface area (Å²) in [5.41, 5.74) is 10.6. The number of hydrogen-bond donors (Lipinski definition) is 5. The SMILES string of the molecule is CC[C@H]1CN(c2cccc(F)c2)C(=O)O1.CC[C@H]1CN(c2cccc(F)c2)C(=O)O1.NC[C@H]1CN(c2cccc(F)c2)C(=O)O1.NNO.O=C1CCC(=O)N1I.O=C1O[C@@H](CO)CN1c1cccc(F)c1.O=C1[N-]C(=O)c2ccccc21.O=C1c2ccccc2C(=O)N1C[C@H]1CN(c2cccc(F)c2)C(=O)O1.[K+]. The minimum atomic E-state index is -0.669. The van der Waals surface area contributed by atoms with Gasteiger partial charge in [0.15, 0.2) is 0 Å². The zero-order valence-electron chi connectivity index (χ0n) is 58.0. The first-order valence-corrected chi connectivity index (χ1v) is 33.7. The van der Waals surface area contributed by atoms with Crippen LogP contribution in [0.1, 0.15) is 81.0 Å². The Labute approximate surface area is 670 Å². The first-order chi connectivity index (χ1) is 51.3. The van der Waals surface area contributed by atoms with E-state index in [4.69, 9.17) is 39.7 Å². The molecule has 15 rings (SSSR count). The van der Waals surface area contributed by atoms with Crippen molar-refractivity contribution in [2.45, 2.75) is 70.1 Å². The number of fused-ring (bicyclic) bond motifs is 2. The van der Waals surface area contributed by atoms with Crippen molar-refractivity contribution >= 4 is 117 Å². The van der Waals surface area contributed by atoms with Gasteiger partial charge in [0.05, 0.1) is 120 Å². The third-order valence-corrected chi connectivity index (χ3v) is 17.3. The Kier molecular flexibility index (Phi) is 32.3. The fraction of sp³-hybridized carbons (Fsp3) is 0.264. The van der Waals surface area contributed by atoms with Gasteiger partial charge in [0.2, 0.25) is 11.8 Å². The van der Waals surface area contributed by atoms with Crippen LogP contribution in [0.3, 0.4) is 0 Å². The number of nitrogens with two attached hydrogens (primary N) is 2. The maximum atomic E-state index is 13.4. The molecule has 0 saturated carbocycles. The van der Waals surface area contributed by atoms with Gasteiger partial charge in [0.1, 0.15) is 59.6 Å². The predicted molar refractivity (Wildman–Crippen MR) is 381 cm³/mol. The number of amides is 11. The molecule has 11 amide bonds. The number of anilines is 5. The molecule has 6 fully saturated rings. The van der Waals surface area contributed by atoms with Crippen LogP contribution in [-0.4, -0.2) is 167 Å². The summed E-state index contributed by atoms with van der Waals surface area (Å²) in [6.07, 6.45) is -1.79. The minimum absolute atomic E-state index is 0. The molecule has 6 saturated heterocycles. The number of carbonyl (C=O) groups excluding carboxylic acids is 11. The number of aliphatic hydroxyl groups excluding tert-OH is 1. The van der Waals surface area contributed by atoms with E-state index in [0.717, 1.165) is 20.9 Å². The van der Waals surface area contributed by atoms with Crippen LogP contribution in [0.15, 0.2) is 170 Å². The molecule has 0 unspecified atom stereocenters. The zero-order chi connectivity index (χ0) is 77.6. The molecule has 8 aliphatic rings. The number of halogens is 6. The van der Waals surface area contributed by atoms with E-state index in [9.17, 15) is 74.7 Å². The van der Waals surface area contributed by atoms with Crippen LogP contribution in [0.2, 0.25) is 0 Å². The van der Waals surface area contributed by atoms with Gasteiger partial charge in [-0.05, 0) is 116 Å². The number of ether oxygens (including phenoxy) is 5. The maximum absolute atomic E-state index is 13.4. The number of rotatable bonds is 11. The van der Waals surface area contributed by atoms with Gasteiger partial charge < -0.3 is 54.6 Å². The summed E-state index contributed by atoms with van der Waals surface area (Å²) >= 11 is 1.72. The van der Waals surface area contributed by atoms with Crippen molar-refractivity contribution in [3.63, 3.8) is 0 Å². The fourth-order valence-corrected chi connectivity index (χ4v) is 11.3. The molecule has 7 N–H and O–H groups in total. The van der Waals surface area contributed by atoms with E-state index in [1.165, 1.54) is 103 Å². The van der Waals surface area contributed by atoms with E-state index >= 15 is 0 Å². The summed E-state index contributed by atoms with van der Waals surface area (Å²) in [5.74, 6) is 0.406. The molecule has 0 bridgehead atoms. The third-order valence-electron chi connectivity index (χ3n) is 16.2. The molecule has 7 aromatic rings. The largest absolute Gasteiger partial charge is 1.00 e. The van der Waals surface area contributed by atoms with Gasteiger partial charge in [-0.3, -0.25) is 48.6 Å². The number of imide groups is 3. The molecule has 8 heterocycles. The third kappa shape index (κ3) is 22.8. The monoisotopic (exact) mass is 1640 g/mol. The number of hydrogen-bond acceptors (Lipinski definition) is 21. The average Bonchev–Trinajstić information content (AvgIpc) is 1.63. The molecule has 564 valence electrons. The van der Waals surface area contributed by atoms with E-state index in [1.807, 2.05) is 13.8 Å². The van der Waals surface area contributed by atoms with Gasteiger partial charge in [0.25, 0.3) is 11.8 Å². The summed E-state index contributed by atoms with van der Waals surface area (Å²) in [4.78, 5) is 133. The number of cyclic esters (lactones) is 5. The summed E-state index contributed by atoms with van der Waals surface area (Å²) < 4.78 is 91.4. The second-order valence-electron chi connectivity index (χ2n) is 23.4. The van der Waals surface area contributed by atoms with Gasteiger partial charge >= 0.3 is 81.9 Å². The van der Waals surface area contributed by atoms with Gasteiger partial charge in [-0.15, -0.1) is 5.59 Å². The Morgan fingerprint density at radius 2 is 0.704 bits per heavy atom. The van der Waals surface area contributed by atoms with Crippen LogP contribution in [0, 0.1) is 29.1 Å². The van der Waals surface area contributed by atoms with Gasteiger partial charge in [-0.25, -0.2) is 54.9 Å². The second-order valence-corrected chi connectivity index (χ2v) is 24.4. The van der Waals surface area contributed by atoms with Crippen LogP contribution in [0.25, 0.3) is 5.32 Å². The number of aliphatic hydroxyl groups is 1. The number of nitrogens with one attached hydrogen (secondary N) is 1. The maximum Gasteiger partial charge on any atom is 1.00 e. The molecule has 8 aliphatic heterocycles. The first-order valence-electron chi connectivity index (χ1n) is 32.7. The van der Waals surface area contributed by atoms with Crippen molar-refractivity contribution in [3.05, 3.63) is 227 Å². The Morgan fingerprint density at radius 1 is 0.435 bits per heavy atom. The Bertz CT molecular complexity index is 4050. The molecule has 5 atom stereocenters. The van der Waals surface area contributed by atoms with Crippen molar-refractivity contribution in [3.8, 4) is 0 Å². The predicted octanol–water partition coefficient (Wildman–Crippen LogP) is 7.50. The van der Waals surface area contributed by atoms with Crippen molar-refractivity contribution in [2.75, 3.05) is 76.9 Å². The molecule has 0 aliphatic carbocycles. The molecule has 0 spiro atoms. The van der Waals surface area contributed by atoms with Gasteiger partial charge in [-0.2, -0.15) is 0 Å². The molecular formula is C72H70F5IKN11O18. The van der Waals surface area contributed by atoms with Crippen molar-refractivity contribution in [2.24, 2.45) is 11.6 Å². The Hall–Kier alpha value is -9.87. The van der Waals surface area contributed by atoms with E-state index in [1.54, 1.807) is 120 Å². The normalized spacial score (nSPS) is 19.1. The number of benzene rings is 7. The Balaban J connectivity index is 0.000000178. The smallest absolute Gasteiger partial charge is 0.587 e. The van der Waals surface area contributed by atoms with Crippen molar-refractivity contribution in [1.29, 1.82) is 0 Å². The topological polar surface area (TPSA) is 375 Å². The van der Waals surface area contributed by atoms with E-state index in [0.29, 0.717) is 83.2 Å². The number of hydrazine groups is 1. The summed E-state index contributed by atoms with van der Waals surface area (Å²) in [6, 6.07) is 42.2. The number of carbonyl (C=O) groups is 11. The Morgan fingerprint density at radius 3 is 0.954 bits per heavy atom. The molecule has 36 heteroatoms. The van der Waals surface area contributed by atoms with Crippen LogP contribution in [0.5, 0.6) is 0 Å². The van der Waals surface area contributed by atoms with E-state index < -0.39 is 77.9 Å². The number of nitrogens with zero attached hydrogens (tertiary/aromatic N) is 8. The molecule has 7 aromatic carbocycles. The molecule has 108 heavy (non-hydrogen) atoms. The molecular weight excluding hydrogens is 1570 g/mol. The van der Waals surface area contributed by atoms with E-state index in [-0.39, 0.29) is 132 Å². The van der Waals surface area contributed by atoms with Gasteiger partial charge in [0, 0.05) is 30.5 Å². The van der Waals surface area contributed by atoms with Crippen LogP contribution < -0.4 is 93.0 Å². The summed E-state index contributed by atoms with van der Waals surface area (Å²) in [7, 11) is 0. The molecule has 29 nitrogen and oxygen atoms in total. The molecule has 0 aromatic heterocycles. The standard InChI is InChI=1S/C18H13FN2O4.2C11H12FNO2.C10H11FN2O2.C10H10FNO3.C8H5NO2.C4H4INO2.K.H4N2O/c19-11-4-3-5-12(8-11)20-9-13(25-18(20)24)10-21-16(22)14-6-1-2-7-15(14)17(21)23;2*1-2-10-7-13(11(14)15-10)9-5-3-4-8(12)6-9;11-7-2-1-3-8(4-7)13-6-9(5-12)15-10(13)14;11-7-2-1-3-8(4-7)12-5-9(6-13)15-10(12)14;10-7-5-3-1-2-4-6(5)8(11)9-7;5-6-3(7)1-2-4(6)8;;1-2-3/h1-8,13H,9-10H2;2*3-6,10H,2,7H2,1H3;1-4,9H,5-6,12H2;1-4,9,13H,5-6H2;1-4H,(H,9,10,11);1-2H2;;2-3H,1H2/q;;;;;;;+1;/p-1/t13-;2*10-;2*9-;;;;/m10001..../s1. The average molecular weight is 1640 g/mol. The molecule has 0 radical (unpaired) electrons. The summed E-state index contributed by atoms with van der Waals surface area (Å²) in [6.45, 7) is 5.67. The van der Waals surface area contributed by atoms with Crippen molar-refractivity contribution < 1.29 is 160 Å². The van der Waals surface area contributed by atoms with E-state index in [2.05, 4.69) is 11.2 Å². The second kappa shape index (κ2) is 40.9. The quantitative estimate of drug-likeness (QED) is 0.0122. The fourth-order valence-electron chi connectivity index (χ4n) is 10.8. The zero-order valence-corrected chi connectivity index (χ0v) is 63.2. The van der Waals surface area contributed by atoms with Crippen LogP contribution >= 0.6 is 22.9 Å². The van der Waals surface area contributed by atoms with Crippen LogP contribution in [-0.2, 0) is 33.3 Å². The minimum Gasteiger partial charge on any atom is -0.587 e.